The van der Waals surface area contributed by atoms with Gasteiger partial charge in [0.05, 0.1) is 13.7 Å². The molecule has 3 heteroatoms. The van der Waals surface area contributed by atoms with Crippen LogP contribution in [-0.4, -0.2) is 19.5 Å². The van der Waals surface area contributed by atoms with E-state index in [1.807, 2.05) is 31.2 Å². The first-order valence-electron chi connectivity index (χ1n) is 6.83. The fourth-order valence-electron chi connectivity index (χ4n) is 1.95. The summed E-state index contributed by atoms with van der Waals surface area (Å²) >= 11 is 0. The number of ether oxygens (including phenoxy) is 2. The van der Waals surface area contributed by atoms with Crippen LogP contribution in [0.1, 0.15) is 22.8 Å². The summed E-state index contributed by atoms with van der Waals surface area (Å²) in [6.45, 7) is 2.54. The Balaban J connectivity index is 2.11. The van der Waals surface area contributed by atoms with Crippen LogP contribution in [0.3, 0.4) is 0 Å². The Bertz CT molecular complexity index is 627. The molecule has 2 aromatic rings. The summed E-state index contributed by atoms with van der Waals surface area (Å²) in [6.07, 6.45) is 3.31. The molecular formula is C18H18O3. The topological polar surface area (TPSA) is 35.5 Å². The molecule has 0 N–H and O–H groups in total. The lowest BCUT2D eigenvalue weighted by Gasteiger charge is -2.04. The summed E-state index contributed by atoms with van der Waals surface area (Å²) in [6, 6.07) is 14.7. The third-order valence-electron chi connectivity index (χ3n) is 3.00. The van der Waals surface area contributed by atoms with Crippen molar-refractivity contribution in [3.05, 3.63) is 65.7 Å². The van der Waals surface area contributed by atoms with Crippen molar-refractivity contribution < 1.29 is 14.3 Å². The van der Waals surface area contributed by atoms with Crippen LogP contribution in [-0.2, 0) is 0 Å². The van der Waals surface area contributed by atoms with Gasteiger partial charge in [0.1, 0.15) is 11.5 Å². The van der Waals surface area contributed by atoms with Crippen LogP contribution in [0.15, 0.2) is 54.6 Å². The zero-order valence-corrected chi connectivity index (χ0v) is 12.2. The predicted molar refractivity (Wildman–Crippen MR) is 84.0 cm³/mol. The molecule has 2 rings (SSSR count). The van der Waals surface area contributed by atoms with Gasteiger partial charge in [0.2, 0.25) is 0 Å². The minimum absolute atomic E-state index is 0.0519. The van der Waals surface area contributed by atoms with Gasteiger partial charge in [-0.2, -0.15) is 0 Å². The fraction of sp³-hybridized carbons (Fsp3) is 0.167. The second kappa shape index (κ2) is 7.29. The largest absolute Gasteiger partial charge is 0.496 e. The molecule has 0 saturated carbocycles. The summed E-state index contributed by atoms with van der Waals surface area (Å²) in [7, 11) is 1.61. The number of carbonyl (C=O) groups is 1. The van der Waals surface area contributed by atoms with Gasteiger partial charge in [0, 0.05) is 11.1 Å². The third-order valence-corrected chi connectivity index (χ3v) is 3.00. The third kappa shape index (κ3) is 3.96. The molecule has 0 aliphatic heterocycles. The Hall–Kier alpha value is -2.55. The number of benzene rings is 2. The van der Waals surface area contributed by atoms with E-state index in [-0.39, 0.29) is 5.78 Å². The van der Waals surface area contributed by atoms with Gasteiger partial charge in [-0.05, 0) is 49.4 Å². The molecule has 0 unspecified atom stereocenters. The number of hydrogen-bond acceptors (Lipinski definition) is 3. The van der Waals surface area contributed by atoms with Gasteiger partial charge >= 0.3 is 0 Å². The SMILES string of the molecule is CCOc1ccc(C(=O)/C=C/c2ccccc2OC)cc1. The van der Waals surface area contributed by atoms with E-state index in [2.05, 4.69) is 0 Å². The van der Waals surface area contributed by atoms with Crippen LogP contribution in [0.25, 0.3) is 6.08 Å². The lowest BCUT2D eigenvalue weighted by molar-refractivity contribution is 0.104. The van der Waals surface area contributed by atoms with E-state index < -0.39 is 0 Å². The van der Waals surface area contributed by atoms with Gasteiger partial charge in [-0.3, -0.25) is 4.79 Å². The van der Waals surface area contributed by atoms with Crippen LogP contribution in [0.5, 0.6) is 11.5 Å². The molecule has 21 heavy (non-hydrogen) atoms. The number of hydrogen-bond donors (Lipinski definition) is 0. The Morgan fingerprint density at radius 2 is 1.81 bits per heavy atom. The van der Waals surface area contributed by atoms with E-state index in [4.69, 9.17) is 9.47 Å². The lowest BCUT2D eigenvalue weighted by atomic mass is 10.1. The van der Waals surface area contributed by atoms with Crippen LogP contribution < -0.4 is 9.47 Å². The highest BCUT2D eigenvalue weighted by Crippen LogP contribution is 2.19. The molecule has 0 saturated heterocycles. The van der Waals surface area contributed by atoms with Crippen LogP contribution in [0.4, 0.5) is 0 Å². The van der Waals surface area contributed by atoms with E-state index >= 15 is 0 Å². The zero-order chi connectivity index (χ0) is 15.1. The number of carbonyl (C=O) groups excluding carboxylic acids is 1. The number of ketones is 1. The number of rotatable bonds is 6. The van der Waals surface area contributed by atoms with Crippen molar-refractivity contribution in [3.8, 4) is 11.5 Å². The maximum absolute atomic E-state index is 12.1. The van der Waals surface area contributed by atoms with Gasteiger partial charge in [0.15, 0.2) is 5.78 Å². The molecule has 0 aliphatic rings. The second-order valence-corrected chi connectivity index (χ2v) is 4.40. The minimum atomic E-state index is -0.0519. The predicted octanol–water partition coefficient (Wildman–Crippen LogP) is 3.99. The van der Waals surface area contributed by atoms with E-state index in [0.29, 0.717) is 12.2 Å². The molecule has 0 aliphatic carbocycles. The van der Waals surface area contributed by atoms with Gasteiger partial charge in [-0.1, -0.05) is 18.2 Å². The average molecular weight is 282 g/mol. The van der Waals surface area contributed by atoms with Crippen molar-refractivity contribution >= 4 is 11.9 Å². The quantitative estimate of drug-likeness (QED) is 0.593. The van der Waals surface area contributed by atoms with Crippen molar-refractivity contribution in [1.29, 1.82) is 0 Å². The summed E-state index contributed by atoms with van der Waals surface area (Å²) < 4.78 is 10.6. The van der Waals surface area contributed by atoms with Crippen molar-refractivity contribution in [1.82, 2.24) is 0 Å². The van der Waals surface area contributed by atoms with Crippen molar-refractivity contribution in [2.24, 2.45) is 0 Å². The number of allylic oxidation sites excluding steroid dienone is 1. The van der Waals surface area contributed by atoms with Crippen molar-refractivity contribution in [3.63, 3.8) is 0 Å². The van der Waals surface area contributed by atoms with E-state index in [9.17, 15) is 4.79 Å². The molecule has 0 amide bonds. The number of para-hydroxylation sites is 1. The monoisotopic (exact) mass is 282 g/mol. The van der Waals surface area contributed by atoms with E-state index in [1.165, 1.54) is 0 Å². The second-order valence-electron chi connectivity index (χ2n) is 4.40. The Morgan fingerprint density at radius 3 is 2.48 bits per heavy atom. The minimum Gasteiger partial charge on any atom is -0.496 e. The highest BCUT2D eigenvalue weighted by atomic mass is 16.5. The van der Waals surface area contributed by atoms with Gasteiger partial charge < -0.3 is 9.47 Å². The maximum atomic E-state index is 12.1. The molecule has 0 radical (unpaired) electrons. The molecule has 2 aromatic carbocycles. The van der Waals surface area contributed by atoms with Crippen molar-refractivity contribution in [2.45, 2.75) is 6.92 Å². The average Bonchev–Trinajstić information content (AvgIpc) is 2.54. The molecular weight excluding hydrogens is 264 g/mol. The standard InChI is InChI=1S/C18H18O3/c1-3-21-16-11-8-14(9-12-16)17(19)13-10-15-6-4-5-7-18(15)20-2/h4-13H,3H2,1-2H3/b13-10+. The van der Waals surface area contributed by atoms with E-state index in [0.717, 1.165) is 17.1 Å². The normalized spacial score (nSPS) is 10.6. The first-order valence-corrected chi connectivity index (χ1v) is 6.83. The summed E-state index contributed by atoms with van der Waals surface area (Å²) in [4.78, 5) is 12.1. The highest BCUT2D eigenvalue weighted by molar-refractivity contribution is 6.07. The molecule has 0 bridgehead atoms. The fourth-order valence-corrected chi connectivity index (χ4v) is 1.95. The molecule has 3 nitrogen and oxygen atoms in total. The van der Waals surface area contributed by atoms with E-state index in [1.54, 1.807) is 43.5 Å². The van der Waals surface area contributed by atoms with Gasteiger partial charge in [-0.15, -0.1) is 0 Å². The van der Waals surface area contributed by atoms with Crippen LogP contribution in [0.2, 0.25) is 0 Å². The smallest absolute Gasteiger partial charge is 0.185 e. The molecule has 0 fully saturated rings. The molecule has 0 spiro atoms. The number of methoxy groups -OCH3 is 1. The van der Waals surface area contributed by atoms with Crippen LogP contribution >= 0.6 is 0 Å². The maximum Gasteiger partial charge on any atom is 0.185 e. The van der Waals surface area contributed by atoms with Crippen LogP contribution in [0, 0.1) is 0 Å². The summed E-state index contributed by atoms with van der Waals surface area (Å²) in [5.41, 5.74) is 1.50. The first kappa shape index (κ1) is 14.9. The molecule has 0 atom stereocenters. The molecule has 108 valence electrons. The van der Waals surface area contributed by atoms with Crippen molar-refractivity contribution in [2.75, 3.05) is 13.7 Å². The highest BCUT2D eigenvalue weighted by Gasteiger charge is 2.03. The first-order chi connectivity index (χ1) is 10.2. The Kier molecular flexibility index (Phi) is 5.16. The molecule has 0 heterocycles. The van der Waals surface area contributed by atoms with Gasteiger partial charge in [0.25, 0.3) is 0 Å². The zero-order valence-electron chi connectivity index (χ0n) is 12.2. The lowest BCUT2D eigenvalue weighted by Crippen LogP contribution is -1.96. The Morgan fingerprint density at radius 1 is 1.10 bits per heavy atom. The summed E-state index contributed by atoms with van der Waals surface area (Å²) in [5.74, 6) is 1.46. The summed E-state index contributed by atoms with van der Waals surface area (Å²) in [5, 5.41) is 0. The molecule has 0 aromatic heterocycles. The Labute approximate surface area is 124 Å². The van der Waals surface area contributed by atoms with Gasteiger partial charge in [-0.25, -0.2) is 0 Å².